The molecule has 0 aliphatic carbocycles. The van der Waals surface area contributed by atoms with E-state index in [0.29, 0.717) is 20.9 Å². The highest BCUT2D eigenvalue weighted by Crippen LogP contribution is 2.33. The number of fused-ring (bicyclic) bond motifs is 2. The maximum Gasteiger partial charge on any atom is 0.291 e. The fraction of sp³-hybridized carbons (Fsp3) is 0.0526. The van der Waals surface area contributed by atoms with Crippen LogP contribution in [0, 0.1) is 0 Å². The van der Waals surface area contributed by atoms with Crippen LogP contribution < -0.4 is 15.0 Å². The molecule has 4 aromatic rings. The number of likely N-dealkylation sites (N-methyl/N-ethyl adjacent to an activating group) is 1. The van der Waals surface area contributed by atoms with Crippen molar-refractivity contribution in [2.24, 2.45) is 0 Å². The number of carbonyl (C=O) groups is 1. The maximum atomic E-state index is 12.9. The lowest BCUT2D eigenvalue weighted by atomic mass is 10.1. The summed E-state index contributed by atoms with van der Waals surface area (Å²) in [6, 6.07) is 15.0. The quantitative estimate of drug-likeness (QED) is 0.457. The first-order valence-corrected chi connectivity index (χ1v) is 9.73. The number of halogens is 1. The van der Waals surface area contributed by atoms with Crippen molar-refractivity contribution in [2.45, 2.75) is 0 Å². The number of nitrogens with zero attached hydrogens (tertiary/aromatic N) is 4. The average molecular weight is 439 g/mol. The van der Waals surface area contributed by atoms with Gasteiger partial charge in [0, 0.05) is 22.6 Å². The molecule has 0 spiro atoms. The van der Waals surface area contributed by atoms with Gasteiger partial charge in [-0.05, 0) is 18.2 Å². The predicted molar refractivity (Wildman–Crippen MR) is 108 cm³/mol. The third-order valence-corrected chi connectivity index (χ3v) is 6.10. The second-order valence-corrected chi connectivity index (χ2v) is 8.02. The van der Waals surface area contributed by atoms with Gasteiger partial charge in [0.05, 0.1) is 11.3 Å². The summed E-state index contributed by atoms with van der Waals surface area (Å²) < 4.78 is 2.60. The molecule has 6 nitrogen and oxygen atoms in total. The minimum atomic E-state index is -0.320. The fourth-order valence-electron chi connectivity index (χ4n) is 3.20. The largest absolute Gasteiger partial charge is 0.311 e. The summed E-state index contributed by atoms with van der Waals surface area (Å²) >= 11 is 4.59. The molecule has 0 radical (unpaired) electrons. The van der Waals surface area contributed by atoms with E-state index >= 15 is 0 Å². The van der Waals surface area contributed by atoms with Crippen molar-refractivity contribution in [1.29, 1.82) is 0 Å². The van der Waals surface area contributed by atoms with Gasteiger partial charge in [-0.3, -0.25) is 9.59 Å². The van der Waals surface area contributed by atoms with E-state index in [-0.39, 0.29) is 11.5 Å². The highest BCUT2D eigenvalue weighted by Gasteiger charge is 2.31. The Morgan fingerprint density at radius 2 is 1.78 bits per heavy atom. The Morgan fingerprint density at radius 3 is 2.52 bits per heavy atom. The standard InChI is InChI=1S/C19H11BrN4O2S/c1-23-13-5-3-2-4-12(13)14(17(23)25)15-18(26)24-19(27-15)21-16(22-24)10-6-8-11(20)9-7-10/h2-9H,1H3. The zero-order valence-corrected chi connectivity index (χ0v) is 16.4. The molecule has 8 heteroatoms. The maximum absolute atomic E-state index is 12.9. The SMILES string of the molecule is CN1C(=O)C(=c2sc3nc(-c4ccc(Br)cc4)nn3c2=O)c2ccccc21. The highest BCUT2D eigenvalue weighted by molar-refractivity contribution is 9.10. The highest BCUT2D eigenvalue weighted by atomic mass is 79.9. The van der Waals surface area contributed by atoms with Gasteiger partial charge >= 0.3 is 0 Å². The smallest absolute Gasteiger partial charge is 0.291 e. The Bertz CT molecular complexity index is 1340. The van der Waals surface area contributed by atoms with Gasteiger partial charge in [-0.2, -0.15) is 9.50 Å². The third kappa shape index (κ3) is 2.37. The Morgan fingerprint density at radius 1 is 1.04 bits per heavy atom. The van der Waals surface area contributed by atoms with Gasteiger partial charge in [0.2, 0.25) is 4.96 Å². The summed E-state index contributed by atoms with van der Waals surface area (Å²) in [7, 11) is 1.71. The fourth-order valence-corrected chi connectivity index (χ4v) is 4.46. The zero-order valence-electron chi connectivity index (χ0n) is 14.0. The number of benzene rings is 2. The second-order valence-electron chi connectivity index (χ2n) is 6.13. The lowest BCUT2D eigenvalue weighted by molar-refractivity contribution is -0.112. The van der Waals surface area contributed by atoms with Crippen molar-refractivity contribution in [3.05, 3.63) is 73.5 Å². The van der Waals surface area contributed by atoms with Crippen LogP contribution in [0.3, 0.4) is 0 Å². The molecule has 2 aromatic carbocycles. The molecule has 0 unspecified atom stereocenters. The summed E-state index contributed by atoms with van der Waals surface area (Å²) in [6.07, 6.45) is 0. The van der Waals surface area contributed by atoms with Crippen LogP contribution in [0.2, 0.25) is 0 Å². The van der Waals surface area contributed by atoms with Gasteiger partial charge in [0.25, 0.3) is 11.5 Å². The van der Waals surface area contributed by atoms with E-state index in [1.807, 2.05) is 48.5 Å². The number of aromatic nitrogens is 3. The Labute approximate surface area is 165 Å². The summed E-state index contributed by atoms with van der Waals surface area (Å²) in [4.78, 5) is 32.2. The van der Waals surface area contributed by atoms with Gasteiger partial charge in [0.1, 0.15) is 4.53 Å². The molecule has 5 rings (SSSR count). The molecule has 0 saturated heterocycles. The van der Waals surface area contributed by atoms with Crippen LogP contribution >= 0.6 is 27.3 Å². The number of carbonyl (C=O) groups excluding carboxylic acids is 1. The number of thiazole rings is 1. The van der Waals surface area contributed by atoms with Gasteiger partial charge in [-0.15, -0.1) is 5.10 Å². The monoisotopic (exact) mass is 438 g/mol. The van der Waals surface area contributed by atoms with Crippen LogP contribution in [0.25, 0.3) is 21.9 Å². The van der Waals surface area contributed by atoms with Crippen LogP contribution in [-0.4, -0.2) is 27.6 Å². The topological polar surface area (TPSA) is 67.6 Å². The van der Waals surface area contributed by atoms with E-state index in [1.165, 1.54) is 15.9 Å². The molecular formula is C19H11BrN4O2S. The van der Waals surface area contributed by atoms with E-state index in [9.17, 15) is 9.59 Å². The van der Waals surface area contributed by atoms with E-state index in [1.54, 1.807) is 11.9 Å². The number of anilines is 1. The van der Waals surface area contributed by atoms with E-state index in [2.05, 4.69) is 26.0 Å². The van der Waals surface area contributed by atoms with Crippen molar-refractivity contribution >= 4 is 49.4 Å². The molecule has 1 amide bonds. The summed E-state index contributed by atoms with van der Waals surface area (Å²) in [5.41, 5.74) is 2.48. The van der Waals surface area contributed by atoms with Crippen LogP contribution in [0.15, 0.2) is 57.8 Å². The number of hydrogen-bond donors (Lipinski definition) is 0. The van der Waals surface area contributed by atoms with Gasteiger partial charge in [-0.1, -0.05) is 57.6 Å². The van der Waals surface area contributed by atoms with Crippen molar-refractivity contribution in [3.63, 3.8) is 0 Å². The normalized spacial score (nSPS) is 15.6. The summed E-state index contributed by atoms with van der Waals surface area (Å²) in [6.45, 7) is 0. The van der Waals surface area contributed by atoms with Crippen LogP contribution in [-0.2, 0) is 4.79 Å². The number of para-hydroxylation sites is 1. The Kier molecular flexibility index (Phi) is 3.53. The number of rotatable bonds is 1. The molecule has 3 heterocycles. The van der Waals surface area contributed by atoms with E-state index in [0.717, 1.165) is 21.3 Å². The molecule has 0 N–H and O–H groups in total. The second kappa shape index (κ2) is 5.83. The van der Waals surface area contributed by atoms with Crippen LogP contribution in [0.1, 0.15) is 5.56 Å². The summed E-state index contributed by atoms with van der Waals surface area (Å²) in [5, 5.41) is 4.35. The molecule has 1 aliphatic heterocycles. The predicted octanol–water partition coefficient (Wildman–Crippen LogP) is 2.47. The minimum absolute atomic E-state index is 0.189. The molecule has 0 bridgehead atoms. The molecule has 0 atom stereocenters. The molecule has 132 valence electrons. The van der Waals surface area contributed by atoms with Crippen molar-refractivity contribution < 1.29 is 4.79 Å². The molecule has 0 fully saturated rings. The van der Waals surface area contributed by atoms with E-state index in [4.69, 9.17) is 0 Å². The zero-order chi connectivity index (χ0) is 18.7. The molecule has 1 aliphatic rings. The molecule has 2 aromatic heterocycles. The third-order valence-electron chi connectivity index (χ3n) is 4.54. The molecular weight excluding hydrogens is 428 g/mol. The van der Waals surface area contributed by atoms with Crippen molar-refractivity contribution in [3.8, 4) is 11.4 Å². The molecule has 0 saturated carbocycles. The lowest BCUT2D eigenvalue weighted by Gasteiger charge is -2.07. The van der Waals surface area contributed by atoms with Crippen LogP contribution in [0.4, 0.5) is 5.69 Å². The number of amides is 1. The van der Waals surface area contributed by atoms with Crippen molar-refractivity contribution in [2.75, 3.05) is 11.9 Å². The van der Waals surface area contributed by atoms with Crippen LogP contribution in [0.5, 0.6) is 0 Å². The van der Waals surface area contributed by atoms with Gasteiger partial charge in [-0.25, -0.2) is 0 Å². The Hall–Kier alpha value is -2.84. The molecule has 27 heavy (non-hydrogen) atoms. The van der Waals surface area contributed by atoms with E-state index < -0.39 is 0 Å². The summed E-state index contributed by atoms with van der Waals surface area (Å²) in [5.74, 6) is 0.295. The first-order chi connectivity index (χ1) is 13.0. The van der Waals surface area contributed by atoms with Gasteiger partial charge in [0.15, 0.2) is 5.82 Å². The Balaban J connectivity index is 1.75. The lowest BCUT2D eigenvalue weighted by Crippen LogP contribution is -2.30. The van der Waals surface area contributed by atoms with Gasteiger partial charge < -0.3 is 4.90 Å². The first kappa shape index (κ1) is 16.3. The number of hydrogen-bond acceptors (Lipinski definition) is 5. The first-order valence-electron chi connectivity index (χ1n) is 8.12. The van der Waals surface area contributed by atoms with Crippen molar-refractivity contribution in [1.82, 2.24) is 14.6 Å². The average Bonchev–Trinajstić information content (AvgIpc) is 3.29. The minimum Gasteiger partial charge on any atom is -0.311 e.